The first kappa shape index (κ1) is 26.2. The maximum absolute atomic E-state index is 11.7. The van der Waals surface area contributed by atoms with Crippen LogP contribution in [-0.2, 0) is 22.4 Å². The van der Waals surface area contributed by atoms with E-state index in [1.807, 2.05) is 0 Å². The molecule has 0 saturated heterocycles. The molecule has 2 aromatic carbocycles. The van der Waals surface area contributed by atoms with Crippen molar-refractivity contribution in [2.45, 2.75) is 70.6 Å². The van der Waals surface area contributed by atoms with Gasteiger partial charge in [-0.3, -0.25) is 0 Å². The van der Waals surface area contributed by atoms with E-state index in [4.69, 9.17) is 4.74 Å². The minimum absolute atomic E-state index is 0.00285. The Kier molecular flexibility index (Phi) is 10.4. The zero-order chi connectivity index (χ0) is 24.3. The highest BCUT2D eigenvalue weighted by molar-refractivity contribution is 5.86. The number of ether oxygens (including phenoxy) is 1. The van der Waals surface area contributed by atoms with Gasteiger partial charge in [0.15, 0.2) is 0 Å². The molecular formula is C30H40O4. The van der Waals surface area contributed by atoms with Gasteiger partial charge in [0.1, 0.15) is 0 Å². The highest BCUT2D eigenvalue weighted by atomic mass is 16.5. The van der Waals surface area contributed by atoms with E-state index >= 15 is 0 Å². The molecule has 0 spiro atoms. The minimum atomic E-state index is -0.341. The molecule has 0 unspecified atom stereocenters. The van der Waals surface area contributed by atoms with Crippen LogP contribution in [0.4, 0.5) is 0 Å². The number of esters is 1. The lowest BCUT2D eigenvalue weighted by Crippen LogP contribution is -2.12. The lowest BCUT2D eigenvalue weighted by atomic mass is 9.83. The monoisotopic (exact) mass is 464 g/mol. The highest BCUT2D eigenvalue weighted by Gasteiger charge is 2.16. The maximum atomic E-state index is 11.7. The van der Waals surface area contributed by atoms with Gasteiger partial charge in [-0.1, -0.05) is 68.3 Å². The van der Waals surface area contributed by atoms with Crippen LogP contribution < -0.4 is 0 Å². The number of carbonyl (C=O) groups is 1. The van der Waals surface area contributed by atoms with Crippen LogP contribution in [0.3, 0.4) is 0 Å². The average Bonchev–Trinajstić information content (AvgIpc) is 2.88. The third-order valence-electron chi connectivity index (χ3n) is 7.00. The van der Waals surface area contributed by atoms with E-state index in [1.165, 1.54) is 59.9 Å². The molecule has 2 N–H and O–H groups in total. The molecule has 0 aromatic heterocycles. The summed E-state index contributed by atoms with van der Waals surface area (Å²) in [6.07, 6.45) is 9.73. The Morgan fingerprint density at radius 1 is 1.03 bits per heavy atom. The summed E-state index contributed by atoms with van der Waals surface area (Å²) in [6.45, 7) is 5.67. The molecule has 2 aromatic rings. The van der Waals surface area contributed by atoms with Crippen LogP contribution in [0, 0.1) is 5.92 Å². The van der Waals surface area contributed by atoms with E-state index in [1.54, 1.807) is 6.92 Å². The Morgan fingerprint density at radius 2 is 1.74 bits per heavy atom. The van der Waals surface area contributed by atoms with Crippen molar-refractivity contribution in [1.29, 1.82) is 0 Å². The molecule has 0 amide bonds. The van der Waals surface area contributed by atoms with E-state index < -0.39 is 0 Å². The van der Waals surface area contributed by atoms with E-state index in [-0.39, 0.29) is 25.1 Å². The van der Waals surface area contributed by atoms with Gasteiger partial charge in [-0.05, 0) is 79.2 Å². The van der Waals surface area contributed by atoms with Crippen molar-refractivity contribution < 1.29 is 19.7 Å². The molecule has 184 valence electrons. The molecule has 1 fully saturated rings. The Labute approximate surface area is 204 Å². The normalized spacial score (nSPS) is 14.4. The van der Waals surface area contributed by atoms with E-state index in [0.29, 0.717) is 18.1 Å². The second kappa shape index (κ2) is 13.5. The van der Waals surface area contributed by atoms with Crippen LogP contribution in [0.2, 0.25) is 0 Å². The highest BCUT2D eigenvalue weighted by Crippen LogP contribution is 2.34. The zero-order valence-corrected chi connectivity index (χ0v) is 20.6. The van der Waals surface area contributed by atoms with Gasteiger partial charge in [0.05, 0.1) is 6.61 Å². The summed E-state index contributed by atoms with van der Waals surface area (Å²) in [7, 11) is 0. The second-order valence-electron chi connectivity index (χ2n) is 9.74. The molecule has 0 radical (unpaired) electrons. The van der Waals surface area contributed by atoms with Crippen LogP contribution in [0.5, 0.6) is 0 Å². The number of hydrogen-bond acceptors (Lipinski definition) is 4. The summed E-state index contributed by atoms with van der Waals surface area (Å²) < 4.78 is 5.30. The molecule has 0 aliphatic heterocycles. The van der Waals surface area contributed by atoms with Crippen molar-refractivity contribution in [1.82, 2.24) is 0 Å². The minimum Gasteiger partial charge on any atom is -0.462 e. The fourth-order valence-corrected chi connectivity index (χ4v) is 4.82. The first-order valence-corrected chi connectivity index (χ1v) is 12.8. The molecule has 34 heavy (non-hydrogen) atoms. The number of aliphatic hydroxyl groups excluding tert-OH is 2. The predicted octanol–water partition coefficient (Wildman–Crippen LogP) is 5.99. The van der Waals surface area contributed by atoms with E-state index in [2.05, 4.69) is 49.0 Å². The summed E-state index contributed by atoms with van der Waals surface area (Å²) >= 11 is 0. The van der Waals surface area contributed by atoms with Crippen molar-refractivity contribution >= 4 is 5.97 Å². The maximum Gasteiger partial charge on any atom is 0.333 e. The van der Waals surface area contributed by atoms with Crippen molar-refractivity contribution in [2.75, 3.05) is 19.8 Å². The lowest BCUT2D eigenvalue weighted by Gasteiger charge is -2.22. The van der Waals surface area contributed by atoms with Crippen LogP contribution in [0.1, 0.15) is 74.5 Å². The fraction of sp³-hybridized carbons (Fsp3) is 0.500. The third kappa shape index (κ3) is 7.54. The Bertz CT molecular complexity index is 921. The van der Waals surface area contributed by atoms with Crippen LogP contribution in [0.15, 0.2) is 54.6 Å². The number of carbonyl (C=O) groups excluding carboxylic acids is 1. The van der Waals surface area contributed by atoms with Crippen molar-refractivity contribution in [3.8, 4) is 11.1 Å². The Hall–Kier alpha value is -2.43. The number of rotatable bonds is 12. The second-order valence-corrected chi connectivity index (χ2v) is 9.74. The van der Waals surface area contributed by atoms with E-state index in [9.17, 15) is 15.0 Å². The topological polar surface area (TPSA) is 66.8 Å². The Morgan fingerprint density at radius 3 is 2.38 bits per heavy atom. The third-order valence-corrected chi connectivity index (χ3v) is 7.00. The van der Waals surface area contributed by atoms with Gasteiger partial charge in [-0.25, -0.2) is 4.79 Å². The van der Waals surface area contributed by atoms with Crippen LogP contribution >= 0.6 is 0 Å². The Balaban J connectivity index is 1.75. The van der Waals surface area contributed by atoms with Gasteiger partial charge in [0.25, 0.3) is 0 Å². The van der Waals surface area contributed by atoms with Crippen LogP contribution in [-0.4, -0.2) is 36.0 Å². The number of hydrogen-bond donors (Lipinski definition) is 2. The lowest BCUT2D eigenvalue weighted by molar-refractivity contribution is -0.139. The molecule has 4 nitrogen and oxygen atoms in total. The van der Waals surface area contributed by atoms with Gasteiger partial charge in [0, 0.05) is 24.7 Å². The van der Waals surface area contributed by atoms with Gasteiger partial charge < -0.3 is 14.9 Å². The largest absolute Gasteiger partial charge is 0.462 e. The summed E-state index contributed by atoms with van der Waals surface area (Å²) in [6, 6.07) is 15.7. The van der Waals surface area contributed by atoms with Gasteiger partial charge >= 0.3 is 5.97 Å². The van der Waals surface area contributed by atoms with Crippen molar-refractivity contribution in [2.24, 2.45) is 5.92 Å². The van der Waals surface area contributed by atoms with Crippen LogP contribution in [0.25, 0.3) is 11.1 Å². The molecule has 1 aliphatic carbocycles. The number of aliphatic hydroxyl groups is 2. The first-order chi connectivity index (χ1) is 16.5. The SMILES string of the molecule is C=C(C)C(=O)OCCCc1cc(CCC(CO)CO)ccc1-c1ccc(C2CCCCC2)cc1. The smallest absolute Gasteiger partial charge is 0.333 e. The van der Waals surface area contributed by atoms with Crippen molar-refractivity contribution in [3.63, 3.8) is 0 Å². The standard InChI is InChI=1S/C30H40O4/c1-22(2)30(33)34-18-6-9-28-19-23(10-11-24(20-31)21-32)12-17-29(28)27-15-13-26(14-16-27)25-7-4-3-5-8-25/h12-17,19,24-25,31-32H,1,3-11,18,20-21H2,2H3. The predicted molar refractivity (Wildman–Crippen MR) is 138 cm³/mol. The molecule has 0 atom stereocenters. The average molecular weight is 465 g/mol. The quantitative estimate of drug-likeness (QED) is 0.230. The summed E-state index contributed by atoms with van der Waals surface area (Å²) in [4.78, 5) is 11.7. The molecule has 1 saturated carbocycles. The van der Waals surface area contributed by atoms with Gasteiger partial charge in [-0.2, -0.15) is 0 Å². The first-order valence-electron chi connectivity index (χ1n) is 12.8. The summed E-state index contributed by atoms with van der Waals surface area (Å²) in [5.74, 6) is 0.266. The fourth-order valence-electron chi connectivity index (χ4n) is 4.82. The summed E-state index contributed by atoms with van der Waals surface area (Å²) in [5, 5.41) is 18.8. The molecule has 0 bridgehead atoms. The molecule has 4 heteroatoms. The molecule has 0 heterocycles. The van der Waals surface area contributed by atoms with Crippen molar-refractivity contribution in [3.05, 3.63) is 71.3 Å². The zero-order valence-electron chi connectivity index (χ0n) is 20.6. The molecule has 3 rings (SSSR count). The summed E-state index contributed by atoms with van der Waals surface area (Å²) in [5.41, 5.74) is 6.73. The van der Waals surface area contributed by atoms with E-state index in [0.717, 1.165) is 25.7 Å². The number of benzene rings is 2. The van der Waals surface area contributed by atoms with Gasteiger partial charge in [-0.15, -0.1) is 0 Å². The number of aryl methyl sites for hydroxylation is 2. The van der Waals surface area contributed by atoms with Gasteiger partial charge in [0.2, 0.25) is 0 Å². The molecular weight excluding hydrogens is 424 g/mol. The molecule has 1 aliphatic rings.